The Morgan fingerprint density at radius 1 is 0.963 bits per heavy atom. The van der Waals surface area contributed by atoms with Crippen LogP contribution in [0.15, 0.2) is 54.6 Å². The zero-order valence-electron chi connectivity index (χ0n) is 33.1. The summed E-state index contributed by atoms with van der Waals surface area (Å²) in [4.78, 5) is 54.8. The third kappa shape index (κ3) is 12.1. The van der Waals surface area contributed by atoms with Crippen LogP contribution in [-0.2, 0) is 35.1 Å². The Hall–Kier alpha value is -4.87. The number of hydrogen-bond donors (Lipinski definition) is 0. The molecular formula is C42H56FNO10. The lowest BCUT2D eigenvalue weighted by Gasteiger charge is -2.36. The first-order valence-corrected chi connectivity index (χ1v) is 18.3. The highest BCUT2D eigenvalue weighted by Gasteiger charge is 2.42. The zero-order valence-corrected chi connectivity index (χ0v) is 33.1. The molecule has 1 amide bonds. The van der Waals surface area contributed by atoms with Crippen LogP contribution in [0.5, 0.6) is 23.0 Å². The minimum Gasteiger partial charge on any atom is -0.497 e. The number of carbonyl (C=O) groups excluding carboxylic acids is 4. The van der Waals surface area contributed by atoms with Gasteiger partial charge in [-0.2, -0.15) is 0 Å². The summed E-state index contributed by atoms with van der Waals surface area (Å²) < 4.78 is 49.1. The van der Waals surface area contributed by atoms with E-state index in [1.165, 1.54) is 58.3 Å². The van der Waals surface area contributed by atoms with E-state index in [9.17, 15) is 19.2 Å². The third-order valence-electron chi connectivity index (χ3n) is 9.24. The number of esters is 2. The molecule has 1 aliphatic rings. The topological polar surface area (TPSA) is 127 Å². The summed E-state index contributed by atoms with van der Waals surface area (Å²) in [7, 11) is 4.55. The highest BCUT2D eigenvalue weighted by atomic mass is 19.1. The number of hydrogen-bond acceptors (Lipinski definition) is 10. The number of Topliss-reactive ketones (excluding diaryl/α,β-unsaturated/α-hetero) is 1. The second-order valence-electron chi connectivity index (χ2n) is 14.7. The van der Waals surface area contributed by atoms with Crippen molar-refractivity contribution in [1.29, 1.82) is 0 Å². The van der Waals surface area contributed by atoms with E-state index in [0.29, 0.717) is 41.2 Å². The Labute approximate surface area is 318 Å². The Morgan fingerprint density at radius 2 is 1.69 bits per heavy atom. The predicted octanol–water partition coefficient (Wildman–Crippen LogP) is 7.39. The van der Waals surface area contributed by atoms with Gasteiger partial charge < -0.3 is 33.3 Å². The first-order valence-electron chi connectivity index (χ1n) is 18.3. The molecule has 0 unspecified atom stereocenters. The minimum atomic E-state index is -1.36. The molecule has 1 heterocycles. The van der Waals surface area contributed by atoms with Gasteiger partial charge in [0.05, 0.1) is 26.7 Å². The summed E-state index contributed by atoms with van der Waals surface area (Å²) >= 11 is 0. The standard InChI is InChI=1S/C42H56FNO10/c1-26(2)14-17-37(45)53-25-42(6,7)39(46)40(47)44-18-12-11-13-34(44)41(48)54-35(16-15-29-20-32(49-8)23-36(50-9)38(29)51-10)30-19-31(43)22-33(21-30)52-24-28(5)27(3)4/h14,17,19-23,26-27,34-35H,5,11-13,15-16,18,24-25H2,1-4,6-10H3/t34-,35+/m0/s1. The Kier molecular flexibility index (Phi) is 16.1. The fourth-order valence-electron chi connectivity index (χ4n) is 5.79. The van der Waals surface area contributed by atoms with Crippen molar-refractivity contribution >= 4 is 23.6 Å². The summed E-state index contributed by atoms with van der Waals surface area (Å²) in [6.07, 6.45) is 3.86. The quantitative estimate of drug-likeness (QED) is 0.0620. The van der Waals surface area contributed by atoms with E-state index in [0.717, 1.165) is 5.57 Å². The molecule has 1 aliphatic heterocycles. The lowest BCUT2D eigenvalue weighted by Crippen LogP contribution is -2.53. The average Bonchev–Trinajstić information content (AvgIpc) is 3.15. The van der Waals surface area contributed by atoms with Gasteiger partial charge in [-0.05, 0) is 87.1 Å². The average molecular weight is 754 g/mol. The van der Waals surface area contributed by atoms with Crippen LogP contribution in [0, 0.1) is 23.1 Å². The summed E-state index contributed by atoms with van der Waals surface area (Å²) in [5, 5.41) is 0. The van der Waals surface area contributed by atoms with Crippen LogP contribution in [0.3, 0.4) is 0 Å². The highest BCUT2D eigenvalue weighted by molar-refractivity contribution is 6.38. The molecule has 0 bridgehead atoms. The largest absolute Gasteiger partial charge is 0.497 e. The van der Waals surface area contributed by atoms with E-state index in [-0.39, 0.29) is 56.6 Å². The number of ketones is 1. The zero-order chi connectivity index (χ0) is 40.2. The number of likely N-dealkylation sites (tertiary alicyclic amines) is 1. The minimum absolute atomic E-state index is 0.129. The Bertz CT molecular complexity index is 1680. The van der Waals surface area contributed by atoms with Crippen LogP contribution >= 0.6 is 0 Å². The lowest BCUT2D eigenvalue weighted by molar-refractivity contribution is -0.165. The molecule has 0 spiro atoms. The first-order chi connectivity index (χ1) is 25.5. The highest BCUT2D eigenvalue weighted by Crippen LogP contribution is 2.38. The number of carbonyl (C=O) groups is 4. The molecule has 11 nitrogen and oxygen atoms in total. The summed E-state index contributed by atoms with van der Waals surface area (Å²) in [5.74, 6) is -1.68. The fourth-order valence-corrected chi connectivity index (χ4v) is 5.79. The molecule has 54 heavy (non-hydrogen) atoms. The number of piperidine rings is 1. The molecule has 2 atom stereocenters. The van der Waals surface area contributed by atoms with E-state index in [2.05, 4.69) is 6.58 Å². The van der Waals surface area contributed by atoms with Gasteiger partial charge in [-0.25, -0.2) is 14.0 Å². The molecule has 296 valence electrons. The Balaban J connectivity index is 1.93. The van der Waals surface area contributed by atoms with Crippen LogP contribution in [0.2, 0.25) is 0 Å². The summed E-state index contributed by atoms with van der Waals surface area (Å²) in [6, 6.07) is 6.54. The van der Waals surface area contributed by atoms with Gasteiger partial charge in [-0.1, -0.05) is 40.3 Å². The number of ether oxygens (including phenoxy) is 6. The number of amides is 1. The third-order valence-corrected chi connectivity index (χ3v) is 9.24. The van der Waals surface area contributed by atoms with E-state index in [1.807, 2.05) is 27.7 Å². The van der Waals surface area contributed by atoms with Gasteiger partial charge in [0.15, 0.2) is 11.5 Å². The monoisotopic (exact) mass is 753 g/mol. The van der Waals surface area contributed by atoms with Crippen LogP contribution in [0.4, 0.5) is 4.39 Å². The van der Waals surface area contributed by atoms with Crippen LogP contribution in [-0.4, -0.2) is 75.7 Å². The number of nitrogens with zero attached hydrogens (tertiary/aromatic N) is 1. The van der Waals surface area contributed by atoms with Crippen molar-refractivity contribution in [3.8, 4) is 23.0 Å². The normalized spacial score (nSPS) is 15.2. The number of rotatable bonds is 19. The van der Waals surface area contributed by atoms with E-state index < -0.39 is 47.0 Å². The van der Waals surface area contributed by atoms with Gasteiger partial charge >= 0.3 is 11.9 Å². The van der Waals surface area contributed by atoms with Crippen LogP contribution in [0.1, 0.15) is 84.5 Å². The van der Waals surface area contributed by atoms with Crippen molar-refractivity contribution in [1.82, 2.24) is 4.90 Å². The van der Waals surface area contributed by atoms with Gasteiger partial charge in [0.25, 0.3) is 5.91 Å². The maximum absolute atomic E-state index is 15.2. The predicted molar refractivity (Wildman–Crippen MR) is 202 cm³/mol. The SMILES string of the molecule is C=C(COc1cc(F)cc([C@@H](CCc2cc(OC)cc(OC)c2OC)OC(=O)[C@@H]2CCCCN2C(=O)C(=O)C(C)(C)COC(=O)C=CC(C)C)c1)C(C)C. The number of allylic oxidation sites excluding steroid dienone is 1. The number of halogens is 1. The van der Waals surface area contributed by atoms with E-state index >= 15 is 4.39 Å². The van der Waals surface area contributed by atoms with Crippen molar-refractivity contribution in [3.05, 3.63) is 71.6 Å². The molecule has 1 saturated heterocycles. The second kappa shape index (κ2) is 20.0. The molecular weight excluding hydrogens is 697 g/mol. The van der Waals surface area contributed by atoms with Crippen molar-refractivity contribution in [2.45, 2.75) is 85.8 Å². The van der Waals surface area contributed by atoms with Gasteiger partial charge in [-0.15, -0.1) is 0 Å². The fraction of sp³-hybridized carbons (Fsp3) is 0.524. The second-order valence-corrected chi connectivity index (χ2v) is 14.7. The molecule has 0 aliphatic carbocycles. The summed E-state index contributed by atoms with van der Waals surface area (Å²) in [6.45, 7) is 14.8. The molecule has 0 aromatic heterocycles. The van der Waals surface area contributed by atoms with Gasteiger partial charge in [-0.3, -0.25) is 9.59 Å². The molecule has 0 radical (unpaired) electrons. The Morgan fingerprint density at radius 3 is 2.31 bits per heavy atom. The first kappa shape index (κ1) is 43.5. The van der Waals surface area contributed by atoms with Gasteiger partial charge in [0.2, 0.25) is 5.78 Å². The molecule has 3 rings (SSSR count). The van der Waals surface area contributed by atoms with Gasteiger partial charge in [0, 0.05) is 30.3 Å². The maximum atomic E-state index is 15.2. The summed E-state index contributed by atoms with van der Waals surface area (Å²) in [5.41, 5.74) is 0.492. The van der Waals surface area contributed by atoms with Gasteiger partial charge in [0.1, 0.15) is 42.7 Å². The lowest BCUT2D eigenvalue weighted by atomic mass is 9.87. The number of benzene rings is 2. The van der Waals surface area contributed by atoms with Crippen molar-refractivity contribution in [2.75, 3.05) is 41.1 Å². The number of aryl methyl sites for hydroxylation is 1. The molecule has 2 aromatic rings. The smallest absolute Gasteiger partial charge is 0.330 e. The van der Waals surface area contributed by atoms with E-state index in [1.54, 1.807) is 24.3 Å². The van der Waals surface area contributed by atoms with Crippen LogP contribution < -0.4 is 18.9 Å². The maximum Gasteiger partial charge on any atom is 0.330 e. The van der Waals surface area contributed by atoms with Crippen molar-refractivity contribution in [2.24, 2.45) is 17.3 Å². The van der Waals surface area contributed by atoms with E-state index in [4.69, 9.17) is 28.4 Å². The van der Waals surface area contributed by atoms with Crippen molar-refractivity contribution in [3.63, 3.8) is 0 Å². The molecule has 12 heteroatoms. The molecule has 2 aromatic carbocycles. The van der Waals surface area contributed by atoms with Crippen molar-refractivity contribution < 1.29 is 52.0 Å². The number of methoxy groups -OCH3 is 3. The van der Waals surface area contributed by atoms with Crippen LogP contribution in [0.25, 0.3) is 0 Å². The molecule has 0 saturated carbocycles. The molecule has 0 N–H and O–H groups in total. The molecule has 1 fully saturated rings.